The van der Waals surface area contributed by atoms with Gasteiger partial charge in [0.05, 0.1) is 32.6 Å². The molecule has 2 aliphatic rings. The molecule has 2 N–H and O–H groups in total. The highest BCUT2D eigenvalue weighted by molar-refractivity contribution is 9.10. The van der Waals surface area contributed by atoms with Gasteiger partial charge in [0, 0.05) is 29.8 Å². The average molecular weight is 599 g/mol. The lowest BCUT2D eigenvalue weighted by atomic mass is 9.74. The Morgan fingerprint density at radius 1 is 1.12 bits per heavy atom. The number of carbonyl (C=O) groups excluding carboxylic acids is 1. The molecule has 0 saturated carbocycles. The lowest BCUT2D eigenvalue weighted by Crippen LogP contribution is -2.39. The molecule has 5 rings (SSSR count). The van der Waals surface area contributed by atoms with Crippen LogP contribution in [0.2, 0.25) is 0 Å². The number of Topliss-reactive ketones (excluding diaryl/α,β-unsaturated/α-hetero) is 1. The van der Waals surface area contributed by atoms with Crippen LogP contribution in [0.5, 0.6) is 5.75 Å². The van der Waals surface area contributed by atoms with Crippen molar-refractivity contribution < 1.29 is 14.5 Å². The van der Waals surface area contributed by atoms with E-state index in [4.69, 9.17) is 10.5 Å². The first-order valence-corrected chi connectivity index (χ1v) is 13.7. The second-order valence-corrected chi connectivity index (χ2v) is 10.8. The minimum absolute atomic E-state index is 0.0482. The van der Waals surface area contributed by atoms with Crippen LogP contribution >= 0.6 is 15.9 Å². The van der Waals surface area contributed by atoms with E-state index in [1.54, 1.807) is 17.0 Å². The summed E-state index contributed by atoms with van der Waals surface area (Å²) in [6.07, 6.45) is 1.55. The summed E-state index contributed by atoms with van der Waals surface area (Å²) in [5, 5.41) is 21.9. The predicted molar refractivity (Wildman–Crippen MR) is 155 cm³/mol. The van der Waals surface area contributed by atoms with E-state index in [2.05, 4.69) is 22.0 Å². The number of ether oxygens (including phenoxy) is 1. The maximum absolute atomic E-state index is 13.5. The number of rotatable bonds is 6. The van der Waals surface area contributed by atoms with Gasteiger partial charge in [-0.1, -0.05) is 30.3 Å². The largest absolute Gasteiger partial charge is 0.488 e. The summed E-state index contributed by atoms with van der Waals surface area (Å²) in [4.78, 5) is 26.2. The highest BCUT2D eigenvalue weighted by atomic mass is 79.9. The van der Waals surface area contributed by atoms with E-state index < -0.39 is 10.8 Å². The number of para-hydroxylation sites is 1. The fourth-order valence-electron chi connectivity index (χ4n) is 5.54. The van der Waals surface area contributed by atoms with E-state index in [-0.39, 0.29) is 22.9 Å². The molecule has 0 amide bonds. The fourth-order valence-corrected chi connectivity index (χ4v) is 5.94. The standard InChI is InChI=1S/C31H27BrN4O4/c1-18-13-19(2)23(14-20(18)17-40-28-12-4-3-9-25(28)32)29-24(16-33)31(34)35(26-10-6-11-27(37)30(26)29)21-7-5-8-22(15-21)36(38)39/h3-5,7-9,12-15,29H,6,10-11,17,34H2,1-2H3. The summed E-state index contributed by atoms with van der Waals surface area (Å²) in [6.45, 7) is 4.27. The molecule has 0 spiro atoms. The van der Waals surface area contributed by atoms with E-state index in [1.165, 1.54) is 12.1 Å². The molecule has 0 saturated heterocycles. The van der Waals surface area contributed by atoms with Crippen LogP contribution in [0.4, 0.5) is 11.4 Å². The van der Waals surface area contributed by atoms with Crippen molar-refractivity contribution in [3.63, 3.8) is 0 Å². The maximum atomic E-state index is 13.5. The molecule has 1 heterocycles. The molecular formula is C31H27BrN4O4. The monoisotopic (exact) mass is 598 g/mol. The number of aryl methyl sites for hydroxylation is 2. The number of non-ortho nitro benzene ring substituents is 1. The molecule has 3 aromatic rings. The zero-order valence-electron chi connectivity index (χ0n) is 22.1. The summed E-state index contributed by atoms with van der Waals surface area (Å²) in [5.41, 5.74) is 12.2. The second-order valence-electron chi connectivity index (χ2n) is 9.95. The Hall–Kier alpha value is -4.42. The van der Waals surface area contributed by atoms with Crippen molar-refractivity contribution in [2.45, 2.75) is 45.6 Å². The van der Waals surface area contributed by atoms with Crippen LogP contribution in [0.1, 0.15) is 47.4 Å². The zero-order chi connectivity index (χ0) is 28.6. The number of nitro benzene ring substituents is 1. The summed E-state index contributed by atoms with van der Waals surface area (Å²) in [6, 6.07) is 20.0. The Balaban J connectivity index is 1.64. The van der Waals surface area contributed by atoms with Crippen LogP contribution in [-0.4, -0.2) is 10.7 Å². The van der Waals surface area contributed by atoms with Gasteiger partial charge >= 0.3 is 0 Å². The lowest BCUT2D eigenvalue weighted by molar-refractivity contribution is -0.384. The molecule has 1 aliphatic heterocycles. The highest BCUT2D eigenvalue weighted by Gasteiger charge is 2.41. The van der Waals surface area contributed by atoms with Crippen molar-refractivity contribution in [1.29, 1.82) is 5.26 Å². The number of nitriles is 1. The number of benzene rings is 3. The summed E-state index contributed by atoms with van der Waals surface area (Å²) in [7, 11) is 0. The number of carbonyl (C=O) groups is 1. The summed E-state index contributed by atoms with van der Waals surface area (Å²) in [5.74, 6) is 0.189. The molecule has 8 nitrogen and oxygen atoms in total. The van der Waals surface area contributed by atoms with Gasteiger partial charge in [0.1, 0.15) is 18.2 Å². The van der Waals surface area contributed by atoms with Crippen LogP contribution in [0.3, 0.4) is 0 Å². The predicted octanol–water partition coefficient (Wildman–Crippen LogP) is 6.86. The smallest absolute Gasteiger partial charge is 0.271 e. The van der Waals surface area contributed by atoms with Crippen LogP contribution < -0.4 is 15.4 Å². The Morgan fingerprint density at radius 2 is 1.90 bits per heavy atom. The SMILES string of the molecule is Cc1cc(C)c(C2C(C#N)=C(N)N(c3cccc([N+](=O)[O-])c3)C3=C2C(=O)CCC3)cc1COc1ccccc1Br. The van der Waals surface area contributed by atoms with Crippen molar-refractivity contribution in [3.05, 3.63) is 120 Å². The zero-order valence-corrected chi connectivity index (χ0v) is 23.7. The number of ketones is 1. The van der Waals surface area contributed by atoms with Gasteiger partial charge in [-0.2, -0.15) is 5.26 Å². The number of halogens is 1. The quantitative estimate of drug-likeness (QED) is 0.243. The third-order valence-electron chi connectivity index (χ3n) is 7.47. The molecule has 1 aliphatic carbocycles. The molecule has 1 unspecified atom stereocenters. The highest BCUT2D eigenvalue weighted by Crippen LogP contribution is 2.47. The Bertz CT molecular complexity index is 1650. The first kappa shape index (κ1) is 27.2. The van der Waals surface area contributed by atoms with Gasteiger partial charge in [-0.05, 0) is 83.1 Å². The van der Waals surface area contributed by atoms with Gasteiger partial charge in [-0.15, -0.1) is 0 Å². The van der Waals surface area contributed by atoms with Gasteiger partial charge in [0.15, 0.2) is 5.78 Å². The normalized spacial score (nSPS) is 17.0. The number of nitrogens with two attached hydrogens (primary N) is 1. The number of anilines is 1. The van der Waals surface area contributed by atoms with Crippen LogP contribution in [0, 0.1) is 35.3 Å². The van der Waals surface area contributed by atoms with E-state index in [9.17, 15) is 20.2 Å². The summed E-state index contributed by atoms with van der Waals surface area (Å²) >= 11 is 3.52. The van der Waals surface area contributed by atoms with Crippen molar-refractivity contribution in [2.24, 2.45) is 5.73 Å². The fraction of sp³-hybridized carbons (Fsp3) is 0.226. The molecule has 0 aromatic heterocycles. The average Bonchev–Trinajstić information content (AvgIpc) is 2.93. The molecular weight excluding hydrogens is 572 g/mol. The maximum Gasteiger partial charge on any atom is 0.271 e. The van der Waals surface area contributed by atoms with Gasteiger partial charge in [-0.3, -0.25) is 19.8 Å². The molecule has 0 fully saturated rings. The first-order valence-electron chi connectivity index (χ1n) is 12.9. The Labute approximate surface area is 240 Å². The van der Waals surface area contributed by atoms with Crippen molar-refractivity contribution in [3.8, 4) is 11.8 Å². The second kappa shape index (κ2) is 11.0. The summed E-state index contributed by atoms with van der Waals surface area (Å²) < 4.78 is 6.95. The molecule has 1 atom stereocenters. The minimum Gasteiger partial charge on any atom is -0.488 e. The van der Waals surface area contributed by atoms with Crippen molar-refractivity contribution in [2.75, 3.05) is 4.90 Å². The lowest BCUT2D eigenvalue weighted by Gasteiger charge is -2.40. The topological polar surface area (TPSA) is 122 Å². The Kier molecular flexibility index (Phi) is 7.46. The van der Waals surface area contributed by atoms with E-state index >= 15 is 0 Å². The number of hydrogen-bond acceptors (Lipinski definition) is 7. The molecule has 40 heavy (non-hydrogen) atoms. The number of allylic oxidation sites excluding steroid dienone is 3. The van der Waals surface area contributed by atoms with E-state index in [0.29, 0.717) is 48.6 Å². The third kappa shape index (κ3) is 4.87. The molecule has 0 bridgehead atoms. The van der Waals surface area contributed by atoms with Gasteiger partial charge in [0.2, 0.25) is 0 Å². The third-order valence-corrected chi connectivity index (χ3v) is 8.12. The van der Waals surface area contributed by atoms with Crippen LogP contribution in [0.25, 0.3) is 0 Å². The van der Waals surface area contributed by atoms with Crippen LogP contribution in [-0.2, 0) is 11.4 Å². The minimum atomic E-state index is -0.648. The van der Waals surface area contributed by atoms with Gasteiger partial charge < -0.3 is 10.5 Å². The molecule has 202 valence electrons. The molecule has 3 aromatic carbocycles. The Morgan fingerprint density at radius 3 is 2.62 bits per heavy atom. The van der Waals surface area contributed by atoms with E-state index in [0.717, 1.165) is 26.7 Å². The first-order chi connectivity index (χ1) is 19.2. The van der Waals surface area contributed by atoms with Crippen molar-refractivity contribution >= 4 is 33.1 Å². The van der Waals surface area contributed by atoms with E-state index in [1.807, 2.05) is 50.2 Å². The van der Waals surface area contributed by atoms with Gasteiger partial charge in [0.25, 0.3) is 5.69 Å². The van der Waals surface area contributed by atoms with Crippen LogP contribution in [0.15, 0.2) is 87.8 Å². The molecule has 9 heteroatoms. The molecule has 0 radical (unpaired) electrons. The van der Waals surface area contributed by atoms with Gasteiger partial charge in [-0.25, -0.2) is 0 Å². The number of nitro groups is 1. The van der Waals surface area contributed by atoms with Crippen molar-refractivity contribution in [1.82, 2.24) is 0 Å². The number of nitrogens with zero attached hydrogens (tertiary/aromatic N) is 3. The number of hydrogen-bond donors (Lipinski definition) is 1.